The van der Waals surface area contributed by atoms with Crippen LogP contribution in [-0.2, 0) is 19.4 Å². The molecule has 0 radical (unpaired) electrons. The molecule has 0 bridgehead atoms. The van der Waals surface area contributed by atoms with E-state index in [1.165, 1.54) is 16.5 Å². The third kappa shape index (κ3) is 2.53. The van der Waals surface area contributed by atoms with E-state index in [0.717, 1.165) is 25.1 Å². The molecule has 0 aliphatic carbocycles. The van der Waals surface area contributed by atoms with Crippen LogP contribution in [0.3, 0.4) is 0 Å². The van der Waals surface area contributed by atoms with Crippen LogP contribution in [0.4, 0.5) is 0 Å². The lowest BCUT2D eigenvalue weighted by molar-refractivity contribution is 0.697. The van der Waals surface area contributed by atoms with Gasteiger partial charge in [0.2, 0.25) is 0 Å². The Kier molecular flexibility index (Phi) is 3.33. The first-order valence-corrected chi connectivity index (χ1v) is 6.62. The molecule has 0 aliphatic rings. The molecular weight excluding hydrogens is 236 g/mol. The van der Waals surface area contributed by atoms with E-state index in [0.29, 0.717) is 6.54 Å². The highest BCUT2D eigenvalue weighted by atomic mass is 15.0. The Morgan fingerprint density at radius 2 is 2.11 bits per heavy atom. The number of aryl methyl sites for hydroxylation is 2. The van der Waals surface area contributed by atoms with Gasteiger partial charge in [0.05, 0.1) is 12.0 Å². The van der Waals surface area contributed by atoms with Gasteiger partial charge in [-0.3, -0.25) is 0 Å². The van der Waals surface area contributed by atoms with E-state index in [9.17, 15) is 0 Å². The van der Waals surface area contributed by atoms with Crippen LogP contribution in [0.5, 0.6) is 0 Å². The number of imidazole rings is 1. The van der Waals surface area contributed by atoms with Gasteiger partial charge in [-0.05, 0) is 24.6 Å². The number of hydrogen-bond acceptors (Lipinski definition) is 2. The minimum atomic E-state index is 0.652. The highest BCUT2D eigenvalue weighted by molar-refractivity contribution is 5.82. The minimum Gasteiger partial charge on any atom is -0.361 e. The number of benzene rings is 1. The van der Waals surface area contributed by atoms with Gasteiger partial charge in [-0.25, -0.2) is 4.98 Å². The topological polar surface area (TPSA) is 59.6 Å². The molecule has 2 aromatic heterocycles. The number of aromatic amines is 1. The molecule has 3 aromatic rings. The van der Waals surface area contributed by atoms with Crippen molar-refractivity contribution >= 4 is 10.9 Å². The molecular formula is C15H18N4. The normalized spacial score (nSPS) is 11.2. The first-order valence-electron chi connectivity index (χ1n) is 6.62. The van der Waals surface area contributed by atoms with Gasteiger partial charge in [-0.1, -0.05) is 18.2 Å². The first-order chi connectivity index (χ1) is 9.36. The van der Waals surface area contributed by atoms with Crippen molar-refractivity contribution in [1.82, 2.24) is 14.5 Å². The second kappa shape index (κ2) is 5.28. The van der Waals surface area contributed by atoms with Crippen molar-refractivity contribution in [2.45, 2.75) is 19.4 Å². The van der Waals surface area contributed by atoms with Gasteiger partial charge in [0.25, 0.3) is 0 Å². The van der Waals surface area contributed by atoms with Crippen LogP contribution in [0.15, 0.2) is 43.0 Å². The zero-order valence-corrected chi connectivity index (χ0v) is 10.8. The Bertz CT molecular complexity index is 665. The molecule has 0 aliphatic heterocycles. The quantitative estimate of drug-likeness (QED) is 0.732. The lowest BCUT2D eigenvalue weighted by atomic mass is 10.1. The number of aromatic nitrogens is 3. The van der Waals surface area contributed by atoms with Gasteiger partial charge in [-0.15, -0.1) is 0 Å². The van der Waals surface area contributed by atoms with Gasteiger partial charge in [0.1, 0.15) is 0 Å². The van der Waals surface area contributed by atoms with Gasteiger partial charge in [0.15, 0.2) is 0 Å². The third-order valence-corrected chi connectivity index (χ3v) is 3.40. The van der Waals surface area contributed by atoms with Crippen LogP contribution in [0.25, 0.3) is 10.9 Å². The number of para-hydroxylation sites is 1. The Balaban J connectivity index is 1.71. The summed E-state index contributed by atoms with van der Waals surface area (Å²) in [7, 11) is 0. The lowest BCUT2D eigenvalue weighted by Gasteiger charge is -2.01. The van der Waals surface area contributed by atoms with Crippen LogP contribution in [0.1, 0.15) is 11.3 Å². The van der Waals surface area contributed by atoms with E-state index in [1.807, 2.05) is 6.33 Å². The van der Waals surface area contributed by atoms with Crippen molar-refractivity contribution in [2.24, 2.45) is 5.73 Å². The maximum absolute atomic E-state index is 5.53. The number of nitrogens with zero attached hydrogens (tertiary/aromatic N) is 2. The highest BCUT2D eigenvalue weighted by Gasteiger charge is 2.03. The Labute approximate surface area is 112 Å². The molecule has 0 amide bonds. The molecule has 0 unspecified atom stereocenters. The summed E-state index contributed by atoms with van der Waals surface area (Å²) >= 11 is 0. The second-order valence-electron chi connectivity index (χ2n) is 4.75. The minimum absolute atomic E-state index is 0.652. The van der Waals surface area contributed by atoms with E-state index in [4.69, 9.17) is 5.73 Å². The third-order valence-electron chi connectivity index (χ3n) is 3.40. The van der Waals surface area contributed by atoms with E-state index in [1.54, 1.807) is 0 Å². The lowest BCUT2D eigenvalue weighted by Crippen LogP contribution is -2.03. The molecule has 0 saturated carbocycles. The average molecular weight is 254 g/mol. The van der Waals surface area contributed by atoms with E-state index >= 15 is 0 Å². The Morgan fingerprint density at radius 3 is 3.00 bits per heavy atom. The van der Waals surface area contributed by atoms with Crippen LogP contribution in [0, 0.1) is 0 Å². The molecule has 4 heteroatoms. The van der Waals surface area contributed by atoms with Gasteiger partial charge < -0.3 is 15.3 Å². The summed E-state index contributed by atoms with van der Waals surface area (Å²) in [5.74, 6) is 0. The van der Waals surface area contributed by atoms with Crippen molar-refractivity contribution in [2.75, 3.05) is 6.54 Å². The van der Waals surface area contributed by atoms with Crippen LogP contribution in [0.2, 0.25) is 0 Å². The molecule has 2 heterocycles. The molecule has 98 valence electrons. The number of H-pyrrole nitrogens is 1. The van der Waals surface area contributed by atoms with Crippen molar-refractivity contribution in [1.29, 1.82) is 0 Å². The molecule has 3 rings (SSSR count). The molecule has 3 N–H and O–H groups in total. The number of nitrogens with two attached hydrogens (primary N) is 1. The van der Waals surface area contributed by atoms with E-state index in [-0.39, 0.29) is 0 Å². The maximum Gasteiger partial charge on any atom is 0.0949 e. The summed E-state index contributed by atoms with van der Waals surface area (Å²) in [6.07, 6.45) is 7.92. The second-order valence-corrected chi connectivity index (χ2v) is 4.75. The van der Waals surface area contributed by atoms with Crippen molar-refractivity contribution in [3.05, 3.63) is 54.2 Å². The summed E-state index contributed by atoms with van der Waals surface area (Å²) in [4.78, 5) is 7.65. The maximum atomic E-state index is 5.53. The number of rotatable bonds is 5. The summed E-state index contributed by atoms with van der Waals surface area (Å²) in [5.41, 5.74) is 9.15. The molecule has 4 nitrogen and oxygen atoms in total. The zero-order valence-electron chi connectivity index (χ0n) is 10.8. The van der Waals surface area contributed by atoms with Gasteiger partial charge in [0, 0.05) is 36.3 Å². The summed E-state index contributed by atoms with van der Waals surface area (Å²) in [6, 6.07) is 8.40. The fraction of sp³-hybridized carbons (Fsp3) is 0.267. The largest absolute Gasteiger partial charge is 0.361 e. The van der Waals surface area contributed by atoms with Crippen molar-refractivity contribution in [3.8, 4) is 0 Å². The van der Waals surface area contributed by atoms with Crippen molar-refractivity contribution < 1.29 is 0 Å². The average Bonchev–Trinajstić information content (AvgIpc) is 3.04. The standard InChI is InChI=1S/C15H18N4/c16-7-5-13-10-19(11-18-13)8-6-12-9-17-15-4-2-1-3-14(12)15/h1-4,9-11,17H,5-8,16H2. The van der Waals surface area contributed by atoms with Gasteiger partial charge >= 0.3 is 0 Å². The van der Waals surface area contributed by atoms with Gasteiger partial charge in [-0.2, -0.15) is 0 Å². The SMILES string of the molecule is NCCc1cn(CCc2c[nH]c3ccccc23)cn1. The smallest absolute Gasteiger partial charge is 0.0949 e. The Hall–Kier alpha value is -2.07. The predicted octanol–water partition coefficient (Wildman–Crippen LogP) is 2.11. The highest BCUT2D eigenvalue weighted by Crippen LogP contribution is 2.18. The van der Waals surface area contributed by atoms with Crippen LogP contribution < -0.4 is 5.73 Å². The summed E-state index contributed by atoms with van der Waals surface area (Å²) in [6.45, 7) is 1.60. The number of hydrogen-bond donors (Lipinski definition) is 2. The van der Waals surface area contributed by atoms with E-state index in [2.05, 4.69) is 51.2 Å². The zero-order chi connectivity index (χ0) is 13.1. The molecule has 1 aromatic carbocycles. The summed E-state index contributed by atoms with van der Waals surface area (Å²) in [5, 5.41) is 1.31. The predicted molar refractivity (Wildman–Crippen MR) is 77.0 cm³/mol. The van der Waals surface area contributed by atoms with Crippen molar-refractivity contribution in [3.63, 3.8) is 0 Å². The molecule has 0 atom stereocenters. The van der Waals surface area contributed by atoms with Crippen LogP contribution in [-0.4, -0.2) is 21.1 Å². The first kappa shape index (κ1) is 12.0. The Morgan fingerprint density at radius 1 is 1.21 bits per heavy atom. The molecule has 0 fully saturated rings. The number of fused-ring (bicyclic) bond motifs is 1. The summed E-state index contributed by atoms with van der Waals surface area (Å²) < 4.78 is 2.13. The fourth-order valence-corrected chi connectivity index (χ4v) is 2.39. The van der Waals surface area contributed by atoms with E-state index < -0.39 is 0 Å². The molecule has 0 saturated heterocycles. The molecule has 19 heavy (non-hydrogen) atoms. The fourth-order valence-electron chi connectivity index (χ4n) is 2.39. The number of nitrogens with one attached hydrogen (secondary N) is 1. The van der Waals surface area contributed by atoms with Crippen LogP contribution >= 0.6 is 0 Å². The monoisotopic (exact) mass is 254 g/mol. The molecule has 0 spiro atoms.